The van der Waals surface area contributed by atoms with E-state index in [1.807, 2.05) is 24.3 Å². The molecular weight excluding hydrogens is 252 g/mol. The first kappa shape index (κ1) is 14.1. The van der Waals surface area contributed by atoms with Crippen LogP contribution >= 0.6 is 0 Å². The highest BCUT2D eigenvalue weighted by molar-refractivity contribution is 6.05. The summed E-state index contributed by atoms with van der Waals surface area (Å²) >= 11 is 0. The van der Waals surface area contributed by atoms with Gasteiger partial charge in [0.25, 0.3) is 5.91 Å². The van der Waals surface area contributed by atoms with Crippen molar-refractivity contribution in [1.29, 1.82) is 0 Å². The minimum atomic E-state index is -0.0619. The average Bonchev–Trinajstić information content (AvgIpc) is 2.53. The molecule has 0 heterocycles. The minimum Gasteiger partial charge on any atom is -0.497 e. The van der Waals surface area contributed by atoms with Crippen molar-refractivity contribution in [2.75, 3.05) is 19.1 Å². The Morgan fingerprint density at radius 2 is 1.70 bits per heavy atom. The van der Waals surface area contributed by atoms with E-state index in [4.69, 9.17) is 10.5 Å². The highest BCUT2D eigenvalue weighted by Gasteiger charge is 2.13. The normalized spacial score (nSPS) is 10.2. The Morgan fingerprint density at radius 1 is 1.10 bits per heavy atom. The SMILES string of the molecule is COc1ccc(C(=O)N(C)c2ccc(CN)cc2)cc1. The van der Waals surface area contributed by atoms with Crippen molar-refractivity contribution in [2.24, 2.45) is 5.73 Å². The number of nitrogens with two attached hydrogens (primary N) is 1. The quantitative estimate of drug-likeness (QED) is 0.928. The number of nitrogens with zero attached hydrogens (tertiary/aromatic N) is 1. The van der Waals surface area contributed by atoms with Gasteiger partial charge in [-0.15, -0.1) is 0 Å². The van der Waals surface area contributed by atoms with Crippen LogP contribution in [0, 0.1) is 0 Å². The third-order valence-corrected chi connectivity index (χ3v) is 3.20. The third-order valence-electron chi connectivity index (χ3n) is 3.20. The Hall–Kier alpha value is -2.33. The predicted octanol–water partition coefficient (Wildman–Crippen LogP) is 2.43. The number of anilines is 1. The molecule has 104 valence electrons. The average molecular weight is 270 g/mol. The van der Waals surface area contributed by atoms with Gasteiger partial charge in [-0.05, 0) is 42.0 Å². The van der Waals surface area contributed by atoms with E-state index < -0.39 is 0 Å². The van der Waals surface area contributed by atoms with Crippen molar-refractivity contribution < 1.29 is 9.53 Å². The van der Waals surface area contributed by atoms with Gasteiger partial charge in [0.05, 0.1) is 7.11 Å². The van der Waals surface area contributed by atoms with Crippen LogP contribution in [0.1, 0.15) is 15.9 Å². The van der Waals surface area contributed by atoms with Crippen LogP contribution < -0.4 is 15.4 Å². The summed E-state index contributed by atoms with van der Waals surface area (Å²) in [6.45, 7) is 0.496. The van der Waals surface area contributed by atoms with Crippen LogP contribution in [0.2, 0.25) is 0 Å². The van der Waals surface area contributed by atoms with Gasteiger partial charge in [0.2, 0.25) is 0 Å². The van der Waals surface area contributed by atoms with E-state index >= 15 is 0 Å². The molecule has 4 nitrogen and oxygen atoms in total. The molecule has 0 bridgehead atoms. The fourth-order valence-electron chi connectivity index (χ4n) is 1.90. The van der Waals surface area contributed by atoms with Crippen LogP contribution in [-0.4, -0.2) is 20.1 Å². The van der Waals surface area contributed by atoms with Crippen LogP contribution in [0.3, 0.4) is 0 Å². The van der Waals surface area contributed by atoms with Crippen molar-refractivity contribution >= 4 is 11.6 Å². The van der Waals surface area contributed by atoms with Gasteiger partial charge in [-0.25, -0.2) is 0 Å². The monoisotopic (exact) mass is 270 g/mol. The zero-order valence-corrected chi connectivity index (χ0v) is 11.7. The predicted molar refractivity (Wildman–Crippen MR) is 80.1 cm³/mol. The Kier molecular flexibility index (Phi) is 4.38. The smallest absolute Gasteiger partial charge is 0.258 e. The number of benzene rings is 2. The number of methoxy groups -OCH3 is 1. The molecular formula is C16H18N2O2. The molecule has 4 heteroatoms. The fraction of sp³-hybridized carbons (Fsp3) is 0.188. The first-order chi connectivity index (χ1) is 9.65. The summed E-state index contributed by atoms with van der Waals surface area (Å²) in [6, 6.07) is 14.7. The third kappa shape index (κ3) is 2.97. The minimum absolute atomic E-state index is 0.0619. The van der Waals surface area contributed by atoms with Crippen LogP contribution in [0.15, 0.2) is 48.5 Å². The Bertz CT molecular complexity index is 576. The molecule has 0 unspecified atom stereocenters. The lowest BCUT2D eigenvalue weighted by atomic mass is 10.1. The molecule has 2 N–H and O–H groups in total. The van der Waals surface area contributed by atoms with Crippen LogP contribution in [0.4, 0.5) is 5.69 Å². The van der Waals surface area contributed by atoms with Crippen molar-refractivity contribution in [1.82, 2.24) is 0 Å². The molecule has 0 saturated carbocycles. The molecule has 0 aliphatic rings. The second kappa shape index (κ2) is 6.21. The first-order valence-electron chi connectivity index (χ1n) is 6.37. The summed E-state index contributed by atoms with van der Waals surface area (Å²) in [5.41, 5.74) is 8.06. The van der Waals surface area contributed by atoms with Crippen molar-refractivity contribution in [2.45, 2.75) is 6.54 Å². The molecule has 0 spiro atoms. The molecule has 2 aromatic carbocycles. The van der Waals surface area contributed by atoms with E-state index in [0.717, 1.165) is 17.0 Å². The number of carbonyl (C=O) groups excluding carboxylic acids is 1. The molecule has 0 fully saturated rings. The molecule has 2 aromatic rings. The van der Waals surface area contributed by atoms with Gasteiger partial charge in [-0.2, -0.15) is 0 Å². The summed E-state index contributed by atoms with van der Waals surface area (Å²) < 4.78 is 5.08. The molecule has 0 saturated heterocycles. The van der Waals surface area contributed by atoms with Gasteiger partial charge < -0.3 is 15.4 Å². The van der Waals surface area contributed by atoms with E-state index in [1.54, 1.807) is 43.3 Å². The molecule has 1 amide bonds. The van der Waals surface area contributed by atoms with E-state index in [1.165, 1.54) is 0 Å². The number of hydrogen-bond donors (Lipinski definition) is 1. The zero-order valence-electron chi connectivity index (χ0n) is 11.7. The zero-order chi connectivity index (χ0) is 14.5. The molecule has 0 aromatic heterocycles. The maximum atomic E-state index is 12.4. The highest BCUT2D eigenvalue weighted by Crippen LogP contribution is 2.18. The summed E-state index contributed by atoms with van der Waals surface area (Å²) in [5, 5.41) is 0. The van der Waals surface area contributed by atoms with Gasteiger partial charge >= 0.3 is 0 Å². The topological polar surface area (TPSA) is 55.6 Å². The molecule has 0 aliphatic carbocycles. The summed E-state index contributed by atoms with van der Waals surface area (Å²) in [4.78, 5) is 14.0. The van der Waals surface area contributed by atoms with Crippen LogP contribution in [-0.2, 0) is 6.54 Å². The Labute approximate surface area is 118 Å². The van der Waals surface area contributed by atoms with Gasteiger partial charge in [-0.1, -0.05) is 12.1 Å². The lowest BCUT2D eigenvalue weighted by molar-refractivity contribution is 0.0993. The maximum Gasteiger partial charge on any atom is 0.258 e. The number of amides is 1. The molecule has 20 heavy (non-hydrogen) atoms. The highest BCUT2D eigenvalue weighted by atomic mass is 16.5. The number of ether oxygens (including phenoxy) is 1. The van der Waals surface area contributed by atoms with Crippen LogP contribution in [0.25, 0.3) is 0 Å². The standard InChI is InChI=1S/C16H18N2O2/c1-18(14-7-3-12(11-17)4-8-14)16(19)13-5-9-15(20-2)10-6-13/h3-10H,11,17H2,1-2H3. The summed E-state index contributed by atoms with van der Waals surface area (Å²) in [6.07, 6.45) is 0. The van der Waals surface area contributed by atoms with Gasteiger partial charge in [0, 0.05) is 24.8 Å². The fourth-order valence-corrected chi connectivity index (χ4v) is 1.90. The van der Waals surface area contributed by atoms with E-state index in [0.29, 0.717) is 12.1 Å². The second-order valence-electron chi connectivity index (χ2n) is 4.46. The molecule has 0 radical (unpaired) electrons. The molecule has 2 rings (SSSR count). The molecule has 0 aliphatic heterocycles. The van der Waals surface area contributed by atoms with E-state index in [2.05, 4.69) is 0 Å². The van der Waals surface area contributed by atoms with Gasteiger partial charge in [0.15, 0.2) is 0 Å². The van der Waals surface area contributed by atoms with Crippen molar-refractivity contribution in [3.05, 3.63) is 59.7 Å². The summed E-state index contributed by atoms with van der Waals surface area (Å²) in [7, 11) is 3.35. The number of hydrogen-bond acceptors (Lipinski definition) is 3. The van der Waals surface area contributed by atoms with E-state index in [-0.39, 0.29) is 5.91 Å². The van der Waals surface area contributed by atoms with Crippen LogP contribution in [0.5, 0.6) is 5.75 Å². The van der Waals surface area contributed by atoms with Gasteiger partial charge in [-0.3, -0.25) is 4.79 Å². The molecule has 0 atom stereocenters. The number of rotatable bonds is 4. The summed E-state index contributed by atoms with van der Waals surface area (Å²) in [5.74, 6) is 0.671. The Morgan fingerprint density at radius 3 is 2.20 bits per heavy atom. The van der Waals surface area contributed by atoms with Crippen molar-refractivity contribution in [3.63, 3.8) is 0 Å². The largest absolute Gasteiger partial charge is 0.497 e. The Balaban J connectivity index is 2.17. The lowest BCUT2D eigenvalue weighted by Crippen LogP contribution is -2.26. The second-order valence-corrected chi connectivity index (χ2v) is 4.46. The van der Waals surface area contributed by atoms with Gasteiger partial charge in [0.1, 0.15) is 5.75 Å². The number of carbonyl (C=O) groups is 1. The maximum absolute atomic E-state index is 12.4. The van der Waals surface area contributed by atoms with E-state index in [9.17, 15) is 4.79 Å². The first-order valence-corrected chi connectivity index (χ1v) is 6.37. The lowest BCUT2D eigenvalue weighted by Gasteiger charge is -2.18. The van der Waals surface area contributed by atoms with Crippen molar-refractivity contribution in [3.8, 4) is 5.75 Å².